The van der Waals surface area contributed by atoms with Crippen molar-refractivity contribution in [2.24, 2.45) is 0 Å². The zero-order valence-corrected chi connectivity index (χ0v) is 6.42. The second-order valence-corrected chi connectivity index (χ2v) is 0. The monoisotopic (exact) mass is 215 g/mol. The van der Waals surface area contributed by atoms with Crippen LogP contribution in [0.15, 0.2) is 0 Å². The standard InChI is InChI=1S/2ClH.Mn.4H2O.O/h2*1H;;4*1H2;. The van der Waals surface area contributed by atoms with Crippen LogP contribution in [0.3, 0.4) is 0 Å². The molecule has 0 saturated carbocycles. The average molecular weight is 216 g/mol. The molecule has 0 heterocycles. The van der Waals surface area contributed by atoms with Crippen molar-refractivity contribution in [2.45, 2.75) is 0 Å². The molecule has 0 radical (unpaired) electrons. The number of hydrogen-bond acceptors (Lipinski definition) is 1. The average Bonchev–Trinajstić information content (AvgIpc) is 1.00. The minimum atomic E-state index is 0. The molecule has 0 atom stereocenters. The second kappa shape index (κ2) is 643. The summed E-state index contributed by atoms with van der Waals surface area (Å²) >= 11 is 1.69. The van der Waals surface area contributed by atoms with Gasteiger partial charge in [-0.25, -0.2) is 0 Å². The number of hydrogen-bond donors (Lipinski definition) is 0. The number of rotatable bonds is 0. The van der Waals surface area contributed by atoms with Gasteiger partial charge < -0.3 is 21.9 Å². The topological polar surface area (TPSA) is 143 Å². The fourth-order valence-corrected chi connectivity index (χ4v) is 0. The normalized spacial score (nSPS) is 0.500. The van der Waals surface area contributed by atoms with Gasteiger partial charge in [-0.3, -0.25) is 0 Å². The molecular formula is H10Cl2MnO5. The molecule has 8 N–H and O–H groups in total. The quantitative estimate of drug-likeness (QED) is 0.402. The molecule has 0 rings (SSSR count). The predicted octanol–water partition coefficient (Wildman–Crippen LogP) is -2.58. The van der Waals surface area contributed by atoms with Crippen LogP contribution in [0, 0.1) is 0 Å². The summed E-state index contributed by atoms with van der Waals surface area (Å²) in [6.07, 6.45) is 0. The van der Waals surface area contributed by atoms with Gasteiger partial charge in [-0.1, -0.05) is 0 Å². The van der Waals surface area contributed by atoms with Gasteiger partial charge in [0.1, 0.15) is 0 Å². The third-order valence-electron chi connectivity index (χ3n) is 0. The van der Waals surface area contributed by atoms with E-state index in [0.29, 0.717) is 0 Å². The second-order valence-electron chi connectivity index (χ2n) is 0. The van der Waals surface area contributed by atoms with Crippen LogP contribution in [0.4, 0.5) is 0 Å². The van der Waals surface area contributed by atoms with E-state index in [2.05, 4.69) is 0 Å². The number of halogens is 2. The zero-order valence-electron chi connectivity index (χ0n) is 3.60. The summed E-state index contributed by atoms with van der Waals surface area (Å²) in [7, 11) is 0. The molecule has 0 amide bonds. The van der Waals surface area contributed by atoms with Crippen LogP contribution in [-0.4, -0.2) is 21.9 Å². The van der Waals surface area contributed by atoms with E-state index < -0.39 is 0 Å². The van der Waals surface area contributed by atoms with Gasteiger partial charge in [0, 0.05) is 0 Å². The Morgan fingerprint density at radius 1 is 0.625 bits per heavy atom. The van der Waals surface area contributed by atoms with Crippen molar-refractivity contribution < 1.29 is 41.7 Å². The maximum atomic E-state index is 8.06. The summed E-state index contributed by atoms with van der Waals surface area (Å²) in [5, 5.41) is 0. The summed E-state index contributed by atoms with van der Waals surface area (Å²) in [6.45, 7) is 0. The first kappa shape index (κ1) is 173. The van der Waals surface area contributed by atoms with Crippen molar-refractivity contribution in [3.8, 4) is 0 Å². The molecule has 0 aliphatic heterocycles. The van der Waals surface area contributed by atoms with E-state index in [1.807, 2.05) is 0 Å². The summed E-state index contributed by atoms with van der Waals surface area (Å²) in [5.41, 5.74) is 0. The summed E-state index contributed by atoms with van der Waals surface area (Å²) in [4.78, 5) is 0. The fraction of sp³-hybridized carbons (Fsp3) is 0. The van der Waals surface area contributed by atoms with Gasteiger partial charge in [-0.15, -0.1) is 24.8 Å². The van der Waals surface area contributed by atoms with Gasteiger partial charge in [0.05, 0.1) is 0 Å². The first-order chi connectivity index (χ1) is 1.00. The molecule has 0 bridgehead atoms. The molecule has 5 nitrogen and oxygen atoms in total. The SMILES string of the molecule is Cl.Cl.O.O.O.O.[O]=[Mn]. The molecule has 0 unspecified atom stereocenters. The van der Waals surface area contributed by atoms with Crippen LogP contribution in [0.25, 0.3) is 0 Å². The van der Waals surface area contributed by atoms with E-state index in [0.717, 1.165) is 0 Å². The molecule has 8 heavy (non-hydrogen) atoms. The maximum absolute atomic E-state index is 8.06. The molecule has 0 saturated heterocycles. The van der Waals surface area contributed by atoms with Gasteiger partial charge in [0.15, 0.2) is 0 Å². The molecule has 0 aliphatic carbocycles. The van der Waals surface area contributed by atoms with Crippen molar-refractivity contribution in [1.82, 2.24) is 0 Å². The van der Waals surface area contributed by atoms with Crippen LogP contribution < -0.4 is 0 Å². The van der Waals surface area contributed by atoms with Crippen molar-refractivity contribution in [3.05, 3.63) is 0 Å². The third-order valence-corrected chi connectivity index (χ3v) is 0. The molecule has 0 aromatic carbocycles. The van der Waals surface area contributed by atoms with Crippen LogP contribution in [0.2, 0.25) is 0 Å². The molecule has 0 aromatic rings. The van der Waals surface area contributed by atoms with Gasteiger partial charge >= 0.3 is 19.8 Å². The molecule has 0 aliphatic rings. The van der Waals surface area contributed by atoms with Gasteiger partial charge in [0.25, 0.3) is 0 Å². The van der Waals surface area contributed by atoms with Gasteiger partial charge in [0.2, 0.25) is 0 Å². The van der Waals surface area contributed by atoms with Crippen LogP contribution in [0.5, 0.6) is 0 Å². The predicted molar refractivity (Wildman–Crippen MR) is 29.6 cm³/mol. The molecule has 61 valence electrons. The summed E-state index contributed by atoms with van der Waals surface area (Å²) < 4.78 is 8.06. The van der Waals surface area contributed by atoms with Crippen molar-refractivity contribution in [3.63, 3.8) is 0 Å². The van der Waals surface area contributed by atoms with E-state index in [4.69, 9.17) is 3.83 Å². The molecular weight excluding hydrogens is 206 g/mol. The minimum absolute atomic E-state index is 0. The van der Waals surface area contributed by atoms with E-state index in [-0.39, 0.29) is 46.7 Å². The Morgan fingerprint density at radius 2 is 0.625 bits per heavy atom. The Balaban J connectivity index is -0.000000000333. The fourth-order valence-electron chi connectivity index (χ4n) is 0. The molecule has 0 spiro atoms. The first-order valence-electron chi connectivity index (χ1n) is 0.154. The Bertz CT molecular complexity index is 10.4. The van der Waals surface area contributed by atoms with Crippen molar-refractivity contribution in [2.75, 3.05) is 0 Å². The van der Waals surface area contributed by atoms with E-state index >= 15 is 0 Å². The van der Waals surface area contributed by atoms with E-state index in [1.54, 1.807) is 15.9 Å². The molecule has 8 heteroatoms. The van der Waals surface area contributed by atoms with E-state index in [1.165, 1.54) is 0 Å². The van der Waals surface area contributed by atoms with Crippen molar-refractivity contribution >= 4 is 24.8 Å². The Labute approximate surface area is 66.9 Å². The van der Waals surface area contributed by atoms with Gasteiger partial charge in [-0.2, -0.15) is 0 Å². The Hall–Kier alpha value is 0.739. The Morgan fingerprint density at radius 3 is 0.625 bits per heavy atom. The first-order valence-corrected chi connectivity index (χ1v) is 0.636. The van der Waals surface area contributed by atoms with Gasteiger partial charge in [-0.05, 0) is 0 Å². The molecule has 0 fully saturated rings. The molecule has 0 aromatic heterocycles. The van der Waals surface area contributed by atoms with Crippen molar-refractivity contribution in [1.29, 1.82) is 0 Å². The van der Waals surface area contributed by atoms with E-state index in [9.17, 15) is 0 Å². The summed E-state index contributed by atoms with van der Waals surface area (Å²) in [6, 6.07) is 0. The Kier molecular flexibility index (Phi) is 13900. The summed E-state index contributed by atoms with van der Waals surface area (Å²) in [5.74, 6) is 0. The van der Waals surface area contributed by atoms with Crippen LogP contribution >= 0.6 is 24.8 Å². The zero-order chi connectivity index (χ0) is 2.00. The van der Waals surface area contributed by atoms with Crippen LogP contribution in [-0.2, 0) is 19.8 Å². The van der Waals surface area contributed by atoms with Crippen LogP contribution in [0.1, 0.15) is 0 Å². The third kappa shape index (κ3) is 406.